The van der Waals surface area contributed by atoms with Crippen LogP contribution in [0.3, 0.4) is 0 Å². The Morgan fingerprint density at radius 3 is 0.674 bits per heavy atom. The summed E-state index contributed by atoms with van der Waals surface area (Å²) < 4.78 is 0. The van der Waals surface area contributed by atoms with Gasteiger partial charge >= 0.3 is 36.9 Å². The van der Waals surface area contributed by atoms with E-state index in [1.807, 2.05) is 18.2 Å². The molecule has 46 heavy (non-hydrogen) atoms. The minimum Gasteiger partial charge on any atom is -0.652 e. The standard InChI is InChI=1S/3C13H21NP.Lu/c3*1-11(2)15(12(3)4)10-14-13-8-6-5-7-9-13;/h3*5-9,11-12H,10H2,1-4H3;/q3*-1;+3/p+3. The van der Waals surface area contributed by atoms with Gasteiger partial charge in [-0.15, -0.1) is 17.1 Å². The topological polar surface area (TPSA) is 42.3 Å². The van der Waals surface area contributed by atoms with Crippen molar-refractivity contribution in [1.82, 2.24) is 0 Å². The summed E-state index contributed by atoms with van der Waals surface area (Å²) in [6.07, 6.45) is 3.14. The molecule has 3 aromatic rings. The van der Waals surface area contributed by atoms with Crippen LogP contribution in [-0.4, -0.2) is 52.8 Å². The van der Waals surface area contributed by atoms with E-state index in [1.54, 1.807) is 0 Å². The van der Waals surface area contributed by atoms with Crippen molar-refractivity contribution in [2.24, 2.45) is 0 Å². The second kappa shape index (κ2) is 26.5. The second-order valence-corrected chi connectivity index (χ2v) is 24.9. The van der Waals surface area contributed by atoms with Gasteiger partial charge in [-0.05, 0) is 126 Å². The molecule has 0 bridgehead atoms. The Balaban J connectivity index is 0.000000653. The monoisotopic (exact) mass is 844 g/mol. The fourth-order valence-electron chi connectivity index (χ4n) is 5.24. The van der Waals surface area contributed by atoms with E-state index in [-0.39, 0.29) is 60.6 Å². The molecule has 0 aliphatic rings. The summed E-state index contributed by atoms with van der Waals surface area (Å²) in [5, 5.41) is 14.1. The first-order valence-corrected chi connectivity index (χ1v) is 22.7. The van der Waals surface area contributed by atoms with Gasteiger partial charge in [0.2, 0.25) is 0 Å². The molecule has 0 atom stereocenters. The Bertz CT molecular complexity index is 932. The van der Waals surface area contributed by atoms with Crippen molar-refractivity contribution in [2.75, 3.05) is 18.9 Å². The van der Waals surface area contributed by atoms with Gasteiger partial charge in [-0.2, -0.15) is 0 Å². The Hall–Kier alpha value is -0.416. The molecule has 0 aliphatic heterocycles. The van der Waals surface area contributed by atoms with Crippen molar-refractivity contribution >= 4 is 40.8 Å². The van der Waals surface area contributed by atoms with E-state index in [4.69, 9.17) is 16.0 Å². The van der Waals surface area contributed by atoms with E-state index in [2.05, 4.69) is 156 Å². The quantitative estimate of drug-likeness (QED) is 0.137. The minimum absolute atomic E-state index is 0. The van der Waals surface area contributed by atoms with E-state index in [1.165, 1.54) is 0 Å². The molecule has 0 saturated heterocycles. The number of nitrogens with zero attached hydrogens (tertiary/aromatic N) is 3. The van der Waals surface area contributed by atoms with Crippen LogP contribution in [0.5, 0.6) is 0 Å². The molecule has 3 aromatic carbocycles. The first-order valence-electron chi connectivity index (χ1n) is 17.1. The van der Waals surface area contributed by atoms with Gasteiger partial charge in [0, 0.05) is 0 Å². The molecule has 7 heteroatoms. The summed E-state index contributed by atoms with van der Waals surface area (Å²) in [4.78, 5) is 0. The average Bonchev–Trinajstić information content (AvgIpc) is 2.99. The van der Waals surface area contributed by atoms with Crippen LogP contribution in [0.4, 0.5) is 17.1 Å². The van der Waals surface area contributed by atoms with E-state index >= 15 is 0 Å². The van der Waals surface area contributed by atoms with Crippen molar-refractivity contribution < 1.29 is 36.9 Å². The van der Waals surface area contributed by atoms with Crippen molar-refractivity contribution in [3.8, 4) is 0 Å². The van der Waals surface area contributed by atoms with Crippen LogP contribution < -0.4 is 0 Å². The molecule has 0 N–H and O–H groups in total. The average molecular weight is 845 g/mol. The van der Waals surface area contributed by atoms with E-state index in [0.717, 1.165) is 69.9 Å². The zero-order valence-corrected chi connectivity index (χ0v) is 35.5. The molecule has 0 radical (unpaired) electrons. The number of para-hydroxylation sites is 3. The third-order valence-corrected chi connectivity index (χ3v) is 18.5. The van der Waals surface area contributed by atoms with Crippen LogP contribution in [0.2, 0.25) is 0 Å². The molecule has 3 rings (SSSR count). The van der Waals surface area contributed by atoms with Crippen molar-refractivity contribution in [1.29, 1.82) is 0 Å². The molecule has 0 amide bonds. The molecule has 0 heterocycles. The second-order valence-electron chi connectivity index (χ2n) is 13.6. The van der Waals surface area contributed by atoms with Crippen LogP contribution >= 0.6 is 23.8 Å². The van der Waals surface area contributed by atoms with E-state index < -0.39 is 0 Å². The maximum absolute atomic E-state index is 4.69. The number of benzene rings is 3. The first-order chi connectivity index (χ1) is 21.3. The predicted molar refractivity (Wildman–Crippen MR) is 219 cm³/mol. The van der Waals surface area contributed by atoms with Crippen LogP contribution in [0.1, 0.15) is 83.1 Å². The van der Waals surface area contributed by atoms with Crippen LogP contribution in [0, 0.1) is 36.9 Å². The van der Waals surface area contributed by atoms with Crippen molar-refractivity contribution in [2.45, 2.75) is 117 Å². The van der Waals surface area contributed by atoms with E-state index in [9.17, 15) is 0 Å². The van der Waals surface area contributed by atoms with Gasteiger partial charge in [0.25, 0.3) is 0 Å². The fourth-order valence-corrected chi connectivity index (χ4v) is 12.5. The third-order valence-electron chi connectivity index (χ3n) is 8.05. The molecule has 0 aromatic heterocycles. The molecular formula is C39H66LuN3P3+3. The Kier molecular flexibility index (Phi) is 26.2. The number of hydrogen-bond donors (Lipinski definition) is 0. The summed E-state index contributed by atoms with van der Waals surface area (Å²) in [5.41, 5.74) is 8.23. The molecule has 0 unspecified atom stereocenters. The summed E-state index contributed by atoms with van der Waals surface area (Å²) in [6.45, 7) is 27.9. The fraction of sp³-hybridized carbons (Fsp3) is 0.538. The summed E-state index contributed by atoms with van der Waals surface area (Å²) in [5.74, 6) is 0. The SMILES string of the molecule is CC(C)[PH+](C[N-]c1ccccc1)C(C)C.CC(C)[PH+](C[N-]c1ccccc1)C(C)C.CC(C)[PH+](C[N-]c1ccccc1)C(C)C.[Lu+3]. The van der Waals surface area contributed by atoms with Crippen LogP contribution in [-0.2, 0) is 0 Å². The summed E-state index contributed by atoms with van der Waals surface area (Å²) in [7, 11) is -1.03. The molecular weight excluding hydrogens is 778 g/mol. The number of rotatable bonds is 15. The Morgan fingerprint density at radius 2 is 0.522 bits per heavy atom. The van der Waals surface area contributed by atoms with Gasteiger partial charge < -0.3 is 16.0 Å². The molecule has 3 nitrogen and oxygen atoms in total. The molecule has 264 valence electrons. The maximum Gasteiger partial charge on any atom is 3.00 e. The third kappa shape index (κ3) is 20.2. The van der Waals surface area contributed by atoms with Crippen molar-refractivity contribution in [3.05, 3.63) is 107 Å². The largest absolute Gasteiger partial charge is 3.00 e. The molecule has 0 spiro atoms. The van der Waals surface area contributed by atoms with Crippen molar-refractivity contribution in [3.63, 3.8) is 0 Å². The van der Waals surface area contributed by atoms with Gasteiger partial charge in [0.1, 0.15) is 0 Å². The summed E-state index contributed by atoms with van der Waals surface area (Å²) >= 11 is 0. The van der Waals surface area contributed by atoms with Gasteiger partial charge in [-0.3, -0.25) is 0 Å². The normalized spacial score (nSPS) is 11.2. The number of hydrogen-bond acceptors (Lipinski definition) is 0. The van der Waals surface area contributed by atoms with Gasteiger partial charge in [-0.1, -0.05) is 91.0 Å². The van der Waals surface area contributed by atoms with Gasteiger partial charge in [0.05, 0.1) is 34.0 Å². The maximum atomic E-state index is 4.69. The van der Waals surface area contributed by atoms with Crippen LogP contribution in [0.15, 0.2) is 91.0 Å². The Morgan fingerprint density at radius 1 is 0.348 bits per heavy atom. The molecule has 0 fully saturated rings. The Labute approximate surface area is 318 Å². The van der Waals surface area contributed by atoms with Gasteiger partial charge in [-0.25, -0.2) is 0 Å². The zero-order valence-electron chi connectivity index (χ0n) is 30.8. The van der Waals surface area contributed by atoms with E-state index in [0.29, 0.717) is 0 Å². The summed E-state index contributed by atoms with van der Waals surface area (Å²) in [6, 6.07) is 30.9. The zero-order chi connectivity index (χ0) is 33.8. The molecule has 0 saturated carbocycles. The first kappa shape index (κ1) is 45.6. The predicted octanol–water partition coefficient (Wildman–Crippen LogP) is 14.0. The van der Waals surface area contributed by atoms with Gasteiger partial charge in [0.15, 0.2) is 0 Å². The minimum atomic E-state index is -0.343. The smallest absolute Gasteiger partial charge is 0.652 e. The van der Waals surface area contributed by atoms with Crippen LogP contribution in [0.25, 0.3) is 16.0 Å². The molecule has 0 aliphatic carbocycles.